The van der Waals surface area contributed by atoms with E-state index in [4.69, 9.17) is 22.5 Å². The first kappa shape index (κ1) is 12.2. The van der Waals surface area contributed by atoms with E-state index in [1.54, 1.807) is 11.8 Å². The van der Waals surface area contributed by atoms with Crippen LogP contribution in [0.15, 0.2) is 34.3 Å². The lowest BCUT2D eigenvalue weighted by atomic mass is 10.3. The molecule has 1 unspecified atom stereocenters. The Labute approximate surface area is 98.3 Å². The topological polar surface area (TPSA) is 58.6 Å². The standard InChI is InChI=1S/C10H13ClN2OS/c1-7(6-10(12)13-14)15-9-5-3-2-4-8(9)11/h2-5,7,14H,6H2,1H3,(H2,12,13). The van der Waals surface area contributed by atoms with Gasteiger partial charge < -0.3 is 10.9 Å². The minimum atomic E-state index is 0.223. The molecule has 0 heterocycles. The molecule has 0 aliphatic carbocycles. The number of rotatable bonds is 4. The average Bonchev–Trinajstić information content (AvgIpc) is 2.21. The number of hydrogen-bond donors (Lipinski definition) is 2. The van der Waals surface area contributed by atoms with E-state index in [2.05, 4.69) is 5.16 Å². The fourth-order valence-corrected chi connectivity index (χ4v) is 2.43. The summed E-state index contributed by atoms with van der Waals surface area (Å²) in [6.45, 7) is 2.01. The van der Waals surface area contributed by atoms with Gasteiger partial charge in [-0.15, -0.1) is 11.8 Å². The molecule has 0 spiro atoms. The molecule has 0 fully saturated rings. The van der Waals surface area contributed by atoms with Crippen molar-refractivity contribution < 1.29 is 5.21 Å². The second-order valence-corrected chi connectivity index (χ2v) is 5.04. The van der Waals surface area contributed by atoms with Crippen molar-refractivity contribution in [2.75, 3.05) is 0 Å². The molecule has 82 valence electrons. The van der Waals surface area contributed by atoms with Gasteiger partial charge in [0.15, 0.2) is 0 Å². The van der Waals surface area contributed by atoms with Crippen LogP contribution in [0.2, 0.25) is 5.02 Å². The van der Waals surface area contributed by atoms with Crippen LogP contribution in [0.25, 0.3) is 0 Å². The molecule has 1 aromatic rings. The molecule has 0 amide bonds. The smallest absolute Gasteiger partial charge is 0.140 e. The average molecular weight is 245 g/mol. The lowest BCUT2D eigenvalue weighted by molar-refractivity contribution is 0.317. The van der Waals surface area contributed by atoms with Crippen molar-refractivity contribution in [1.82, 2.24) is 0 Å². The molecule has 0 aliphatic rings. The molecule has 0 bridgehead atoms. The third-order valence-corrected chi connectivity index (χ3v) is 3.41. The lowest BCUT2D eigenvalue weighted by Crippen LogP contribution is -2.16. The zero-order chi connectivity index (χ0) is 11.3. The first-order valence-corrected chi connectivity index (χ1v) is 5.77. The highest BCUT2D eigenvalue weighted by atomic mass is 35.5. The number of hydrogen-bond acceptors (Lipinski definition) is 3. The zero-order valence-corrected chi connectivity index (χ0v) is 9.92. The van der Waals surface area contributed by atoms with Gasteiger partial charge in [-0.05, 0) is 12.1 Å². The van der Waals surface area contributed by atoms with Crippen LogP contribution >= 0.6 is 23.4 Å². The Hall–Kier alpha value is -0.870. The highest BCUT2D eigenvalue weighted by Gasteiger charge is 2.09. The van der Waals surface area contributed by atoms with E-state index in [1.807, 2.05) is 31.2 Å². The summed E-state index contributed by atoms with van der Waals surface area (Å²) in [5.41, 5.74) is 5.42. The highest BCUT2D eigenvalue weighted by molar-refractivity contribution is 8.00. The van der Waals surface area contributed by atoms with Crippen molar-refractivity contribution in [3.8, 4) is 0 Å². The minimum absolute atomic E-state index is 0.223. The molecular formula is C10H13ClN2OS. The van der Waals surface area contributed by atoms with E-state index in [0.717, 1.165) is 9.92 Å². The number of oxime groups is 1. The molecule has 0 saturated carbocycles. The summed E-state index contributed by atoms with van der Waals surface area (Å²) in [4.78, 5) is 1.01. The normalized spacial score (nSPS) is 13.9. The van der Waals surface area contributed by atoms with Gasteiger partial charge in [-0.3, -0.25) is 0 Å². The maximum absolute atomic E-state index is 8.43. The summed E-state index contributed by atoms with van der Waals surface area (Å²) in [6, 6.07) is 7.63. The summed E-state index contributed by atoms with van der Waals surface area (Å²) in [6.07, 6.45) is 0.534. The lowest BCUT2D eigenvalue weighted by Gasteiger charge is -2.10. The zero-order valence-electron chi connectivity index (χ0n) is 8.35. The minimum Gasteiger partial charge on any atom is -0.409 e. The quantitative estimate of drug-likeness (QED) is 0.282. The predicted octanol–water partition coefficient (Wildman–Crippen LogP) is 2.96. The molecule has 1 aromatic carbocycles. The van der Waals surface area contributed by atoms with Gasteiger partial charge in [-0.2, -0.15) is 0 Å². The Morgan fingerprint density at radius 1 is 1.60 bits per heavy atom. The summed E-state index contributed by atoms with van der Waals surface area (Å²) in [5.74, 6) is 0.238. The first-order chi connectivity index (χ1) is 7.13. The molecule has 5 heteroatoms. The van der Waals surface area contributed by atoms with Gasteiger partial charge in [0.05, 0.1) is 5.02 Å². The van der Waals surface area contributed by atoms with Crippen LogP contribution < -0.4 is 5.73 Å². The van der Waals surface area contributed by atoms with Crippen molar-refractivity contribution in [1.29, 1.82) is 0 Å². The molecular weight excluding hydrogens is 232 g/mol. The molecule has 15 heavy (non-hydrogen) atoms. The largest absolute Gasteiger partial charge is 0.409 e. The molecule has 1 rings (SSSR count). The Kier molecular flexibility index (Phi) is 4.78. The van der Waals surface area contributed by atoms with Crippen LogP contribution in [0.1, 0.15) is 13.3 Å². The number of benzene rings is 1. The van der Waals surface area contributed by atoms with E-state index in [-0.39, 0.29) is 11.1 Å². The van der Waals surface area contributed by atoms with Gasteiger partial charge in [0.25, 0.3) is 0 Å². The number of nitrogens with two attached hydrogens (primary N) is 1. The molecule has 0 aromatic heterocycles. The number of halogens is 1. The number of nitrogens with zero attached hydrogens (tertiary/aromatic N) is 1. The number of thioether (sulfide) groups is 1. The number of amidine groups is 1. The van der Waals surface area contributed by atoms with E-state index < -0.39 is 0 Å². The molecule has 0 radical (unpaired) electrons. The SMILES string of the molecule is CC(CC(N)=NO)Sc1ccccc1Cl. The van der Waals surface area contributed by atoms with Crippen LogP contribution in [0.3, 0.4) is 0 Å². The maximum Gasteiger partial charge on any atom is 0.140 e. The second kappa shape index (κ2) is 5.88. The Morgan fingerprint density at radius 3 is 2.87 bits per heavy atom. The Bertz CT molecular complexity index is 357. The fourth-order valence-electron chi connectivity index (χ4n) is 1.13. The third-order valence-electron chi connectivity index (χ3n) is 1.79. The monoisotopic (exact) mass is 244 g/mol. The highest BCUT2D eigenvalue weighted by Crippen LogP contribution is 2.30. The molecule has 3 nitrogen and oxygen atoms in total. The molecule has 3 N–H and O–H groups in total. The second-order valence-electron chi connectivity index (χ2n) is 3.15. The van der Waals surface area contributed by atoms with Crippen molar-refractivity contribution in [3.05, 3.63) is 29.3 Å². The van der Waals surface area contributed by atoms with Gasteiger partial charge in [0, 0.05) is 16.6 Å². The fraction of sp³-hybridized carbons (Fsp3) is 0.300. The predicted molar refractivity (Wildman–Crippen MR) is 64.8 cm³/mol. The molecule has 1 atom stereocenters. The summed E-state index contributed by atoms with van der Waals surface area (Å²) < 4.78 is 0. The summed E-state index contributed by atoms with van der Waals surface area (Å²) >= 11 is 7.62. The maximum atomic E-state index is 8.43. The van der Waals surface area contributed by atoms with Gasteiger partial charge in [-0.1, -0.05) is 35.8 Å². The van der Waals surface area contributed by atoms with E-state index in [1.165, 1.54) is 0 Å². The van der Waals surface area contributed by atoms with Gasteiger partial charge >= 0.3 is 0 Å². The van der Waals surface area contributed by atoms with Crippen LogP contribution in [0.5, 0.6) is 0 Å². The van der Waals surface area contributed by atoms with Crippen molar-refractivity contribution >= 4 is 29.2 Å². The van der Waals surface area contributed by atoms with Gasteiger partial charge in [-0.25, -0.2) is 0 Å². The van der Waals surface area contributed by atoms with Crippen LogP contribution in [0.4, 0.5) is 0 Å². The van der Waals surface area contributed by atoms with E-state index in [9.17, 15) is 0 Å². The van der Waals surface area contributed by atoms with Gasteiger partial charge in [0.2, 0.25) is 0 Å². The van der Waals surface area contributed by atoms with Gasteiger partial charge in [0.1, 0.15) is 5.84 Å². The van der Waals surface area contributed by atoms with E-state index >= 15 is 0 Å². The van der Waals surface area contributed by atoms with Crippen LogP contribution in [0, 0.1) is 0 Å². The van der Waals surface area contributed by atoms with Crippen molar-refractivity contribution in [3.63, 3.8) is 0 Å². The van der Waals surface area contributed by atoms with Crippen molar-refractivity contribution in [2.24, 2.45) is 10.9 Å². The van der Waals surface area contributed by atoms with Crippen LogP contribution in [-0.4, -0.2) is 16.3 Å². The summed E-state index contributed by atoms with van der Waals surface area (Å²) in [7, 11) is 0. The Balaban J connectivity index is 2.59. The van der Waals surface area contributed by atoms with E-state index in [0.29, 0.717) is 6.42 Å². The third kappa shape index (κ3) is 4.01. The molecule has 0 saturated heterocycles. The van der Waals surface area contributed by atoms with Crippen LogP contribution in [-0.2, 0) is 0 Å². The molecule has 0 aliphatic heterocycles. The first-order valence-electron chi connectivity index (χ1n) is 4.51. The van der Waals surface area contributed by atoms with Crippen molar-refractivity contribution in [2.45, 2.75) is 23.5 Å². The summed E-state index contributed by atoms with van der Waals surface area (Å²) in [5, 5.41) is 12.3. The Morgan fingerprint density at radius 2 is 2.27 bits per heavy atom.